The van der Waals surface area contributed by atoms with Gasteiger partial charge in [0.1, 0.15) is 9.96 Å². The first-order valence-electron chi connectivity index (χ1n) is 10.2. The zero-order valence-corrected chi connectivity index (χ0v) is 19.0. The van der Waals surface area contributed by atoms with Crippen LogP contribution < -0.4 is 9.64 Å². The highest BCUT2D eigenvalue weighted by Crippen LogP contribution is 2.34. The molecule has 0 aliphatic carbocycles. The number of benzene rings is 1. The second-order valence-electron chi connectivity index (χ2n) is 7.50. The molecule has 2 aliphatic rings. The van der Waals surface area contributed by atoms with Gasteiger partial charge in [-0.3, -0.25) is 4.79 Å². The number of sulfonamides is 1. The number of anilines is 1. The lowest BCUT2D eigenvalue weighted by Crippen LogP contribution is -2.48. The number of piperazine rings is 1. The molecule has 1 aromatic heterocycles. The molecule has 0 radical (unpaired) electrons. The molecule has 2 aromatic rings. The molecular weight excluding hydrogens is 422 g/mol. The zero-order chi connectivity index (χ0) is 21.3. The fourth-order valence-electron chi connectivity index (χ4n) is 4.06. The van der Waals surface area contributed by atoms with Gasteiger partial charge in [-0.05, 0) is 30.2 Å². The molecule has 1 saturated heterocycles. The monoisotopic (exact) mass is 449 g/mol. The van der Waals surface area contributed by atoms with E-state index in [0.29, 0.717) is 49.9 Å². The molecule has 1 amide bonds. The number of hydrogen-bond donors (Lipinski definition) is 0. The molecule has 3 heterocycles. The van der Waals surface area contributed by atoms with Gasteiger partial charge in [0.25, 0.3) is 10.0 Å². The van der Waals surface area contributed by atoms with E-state index in [-0.39, 0.29) is 5.91 Å². The van der Waals surface area contributed by atoms with Crippen LogP contribution in [0.25, 0.3) is 0 Å². The average Bonchev–Trinajstić information content (AvgIpc) is 3.23. The Hall–Kier alpha value is -2.10. The normalized spacial score (nSPS) is 17.7. The molecule has 0 N–H and O–H groups in total. The molecule has 162 valence electrons. The van der Waals surface area contributed by atoms with Crippen LogP contribution in [-0.4, -0.2) is 63.4 Å². The van der Waals surface area contributed by atoms with E-state index in [4.69, 9.17) is 4.74 Å². The zero-order valence-electron chi connectivity index (χ0n) is 17.3. The summed E-state index contributed by atoms with van der Waals surface area (Å²) in [7, 11) is -1.88. The molecule has 7 nitrogen and oxygen atoms in total. The summed E-state index contributed by atoms with van der Waals surface area (Å²) in [6, 6.07) is 9.58. The van der Waals surface area contributed by atoms with Gasteiger partial charge < -0.3 is 14.5 Å². The Kier molecular flexibility index (Phi) is 6.04. The molecule has 0 atom stereocenters. The molecule has 0 bridgehead atoms. The largest absolute Gasteiger partial charge is 0.495 e. The Morgan fingerprint density at radius 3 is 2.57 bits per heavy atom. The minimum Gasteiger partial charge on any atom is -0.495 e. The van der Waals surface area contributed by atoms with Crippen molar-refractivity contribution in [3.8, 4) is 5.75 Å². The Bertz CT molecular complexity index is 1030. The summed E-state index contributed by atoms with van der Waals surface area (Å²) in [5.41, 5.74) is 1.96. The second kappa shape index (κ2) is 8.56. The van der Waals surface area contributed by atoms with E-state index < -0.39 is 10.0 Å². The first-order valence-corrected chi connectivity index (χ1v) is 12.5. The fourth-order valence-corrected chi connectivity index (χ4v) is 7.18. The standard InChI is InChI=1S/C21H27N3O4S2/c1-3-20(25)23-9-8-19-16(15-23)14-21(29-19)30(26,27)24-12-10-22(11-13-24)17-6-4-5-7-18(17)28-2/h4-7,14H,3,8-13,15H2,1-2H3. The van der Waals surface area contributed by atoms with E-state index in [1.54, 1.807) is 17.5 Å². The van der Waals surface area contributed by atoms with Crippen molar-refractivity contribution in [3.63, 3.8) is 0 Å². The fraction of sp³-hybridized carbons (Fsp3) is 0.476. The topological polar surface area (TPSA) is 70.2 Å². The summed E-state index contributed by atoms with van der Waals surface area (Å²) in [4.78, 5) is 17.1. The third-order valence-electron chi connectivity index (χ3n) is 5.76. The van der Waals surface area contributed by atoms with Gasteiger partial charge in [-0.1, -0.05) is 19.1 Å². The maximum Gasteiger partial charge on any atom is 0.252 e. The highest BCUT2D eigenvalue weighted by Gasteiger charge is 2.32. The summed E-state index contributed by atoms with van der Waals surface area (Å²) in [6.45, 7) is 5.12. The number of hydrogen-bond acceptors (Lipinski definition) is 6. The summed E-state index contributed by atoms with van der Waals surface area (Å²) in [5, 5.41) is 0. The number of methoxy groups -OCH3 is 1. The lowest BCUT2D eigenvalue weighted by atomic mass is 10.1. The van der Waals surface area contributed by atoms with Crippen LogP contribution in [0.4, 0.5) is 5.69 Å². The van der Waals surface area contributed by atoms with E-state index >= 15 is 0 Å². The maximum atomic E-state index is 13.3. The van der Waals surface area contributed by atoms with E-state index in [1.807, 2.05) is 36.1 Å². The molecule has 4 rings (SSSR count). The van der Waals surface area contributed by atoms with Crippen molar-refractivity contribution in [2.24, 2.45) is 0 Å². The first-order chi connectivity index (χ1) is 14.4. The molecule has 1 fully saturated rings. The first kappa shape index (κ1) is 21.1. The van der Waals surface area contributed by atoms with Gasteiger partial charge in [-0.25, -0.2) is 8.42 Å². The minimum absolute atomic E-state index is 0.115. The predicted molar refractivity (Wildman–Crippen MR) is 118 cm³/mol. The minimum atomic E-state index is -3.53. The molecule has 1 aromatic carbocycles. The highest BCUT2D eigenvalue weighted by molar-refractivity contribution is 7.91. The quantitative estimate of drug-likeness (QED) is 0.702. The Balaban J connectivity index is 1.47. The van der Waals surface area contributed by atoms with Crippen molar-refractivity contribution in [2.45, 2.75) is 30.5 Å². The number of amides is 1. The van der Waals surface area contributed by atoms with E-state index in [1.165, 1.54) is 11.3 Å². The lowest BCUT2D eigenvalue weighted by Gasteiger charge is -2.35. The number of para-hydroxylation sites is 2. The molecular formula is C21H27N3O4S2. The molecule has 30 heavy (non-hydrogen) atoms. The van der Waals surface area contributed by atoms with Gasteiger partial charge in [-0.15, -0.1) is 11.3 Å². The van der Waals surface area contributed by atoms with Gasteiger partial charge in [0.2, 0.25) is 5.91 Å². The highest BCUT2D eigenvalue weighted by atomic mass is 32.2. The molecule has 0 saturated carbocycles. The van der Waals surface area contributed by atoms with Gasteiger partial charge in [0.05, 0.1) is 12.8 Å². The van der Waals surface area contributed by atoms with E-state index in [9.17, 15) is 13.2 Å². The number of rotatable bonds is 5. The van der Waals surface area contributed by atoms with Gasteiger partial charge in [0, 0.05) is 50.6 Å². The number of ether oxygens (including phenoxy) is 1. The third-order valence-corrected chi connectivity index (χ3v) is 9.34. The Morgan fingerprint density at radius 1 is 1.13 bits per heavy atom. The summed E-state index contributed by atoms with van der Waals surface area (Å²) in [6.07, 6.45) is 1.20. The lowest BCUT2D eigenvalue weighted by molar-refractivity contribution is -0.131. The second-order valence-corrected chi connectivity index (χ2v) is 10.8. The molecule has 2 aliphatic heterocycles. The SMILES string of the molecule is CCC(=O)N1CCc2sc(S(=O)(=O)N3CCN(c4ccccc4OC)CC3)cc2C1. The van der Waals surface area contributed by atoms with Crippen molar-refractivity contribution < 1.29 is 17.9 Å². The summed E-state index contributed by atoms with van der Waals surface area (Å²) < 4.78 is 33.9. The van der Waals surface area contributed by atoms with Crippen molar-refractivity contribution in [3.05, 3.63) is 40.8 Å². The van der Waals surface area contributed by atoms with Crippen LogP contribution in [0, 0.1) is 0 Å². The van der Waals surface area contributed by atoms with Gasteiger partial charge >= 0.3 is 0 Å². The summed E-state index contributed by atoms with van der Waals surface area (Å²) >= 11 is 1.36. The Morgan fingerprint density at radius 2 is 1.87 bits per heavy atom. The predicted octanol–water partition coefficient (Wildman–Crippen LogP) is 2.56. The van der Waals surface area contributed by atoms with Gasteiger partial charge in [-0.2, -0.15) is 4.31 Å². The maximum absolute atomic E-state index is 13.3. The van der Waals surface area contributed by atoms with Crippen LogP contribution in [0.5, 0.6) is 5.75 Å². The van der Waals surface area contributed by atoms with Crippen LogP contribution in [0.15, 0.2) is 34.5 Å². The van der Waals surface area contributed by atoms with E-state index in [2.05, 4.69) is 4.90 Å². The van der Waals surface area contributed by atoms with Crippen molar-refractivity contribution in [1.29, 1.82) is 0 Å². The molecule has 9 heteroatoms. The van der Waals surface area contributed by atoms with Crippen LogP contribution in [0.2, 0.25) is 0 Å². The average molecular weight is 450 g/mol. The van der Waals surface area contributed by atoms with Crippen molar-refractivity contribution >= 4 is 33.0 Å². The summed E-state index contributed by atoms with van der Waals surface area (Å²) in [5.74, 6) is 0.912. The smallest absolute Gasteiger partial charge is 0.252 e. The Labute approximate surface area is 181 Å². The van der Waals surface area contributed by atoms with Gasteiger partial charge in [0.15, 0.2) is 0 Å². The van der Waals surface area contributed by atoms with Crippen LogP contribution >= 0.6 is 11.3 Å². The van der Waals surface area contributed by atoms with Crippen LogP contribution in [0.1, 0.15) is 23.8 Å². The number of thiophene rings is 1. The van der Waals surface area contributed by atoms with Crippen molar-refractivity contribution in [2.75, 3.05) is 44.7 Å². The number of carbonyl (C=O) groups excluding carboxylic acids is 1. The van der Waals surface area contributed by atoms with E-state index in [0.717, 1.165) is 28.3 Å². The van der Waals surface area contributed by atoms with Crippen LogP contribution in [-0.2, 0) is 27.8 Å². The number of nitrogens with zero attached hydrogens (tertiary/aromatic N) is 3. The number of carbonyl (C=O) groups is 1. The third kappa shape index (κ3) is 3.93. The number of fused-ring (bicyclic) bond motifs is 1. The van der Waals surface area contributed by atoms with Crippen molar-refractivity contribution in [1.82, 2.24) is 9.21 Å². The molecule has 0 unspecified atom stereocenters. The van der Waals surface area contributed by atoms with Crippen LogP contribution in [0.3, 0.4) is 0 Å². The molecule has 0 spiro atoms.